The molecule has 0 amide bonds. The lowest BCUT2D eigenvalue weighted by atomic mass is 10.1. The number of morpholine rings is 1. The van der Waals surface area contributed by atoms with Crippen LogP contribution < -0.4 is 15.5 Å². The Hall–Kier alpha value is -2.64. The number of nitrogens with one attached hydrogen (secondary N) is 2. The number of anilines is 1. The van der Waals surface area contributed by atoms with Crippen LogP contribution in [-0.4, -0.2) is 58.3 Å². The molecule has 0 aliphatic carbocycles. The Morgan fingerprint density at radius 1 is 1.07 bits per heavy atom. The molecule has 0 atom stereocenters. The molecule has 1 saturated heterocycles. The van der Waals surface area contributed by atoms with Gasteiger partial charge in [-0.05, 0) is 28.8 Å². The molecule has 0 spiro atoms. The third-order valence-corrected chi connectivity index (χ3v) is 5.24. The Bertz CT molecular complexity index is 849. The molecule has 2 aromatic carbocycles. The first-order valence-electron chi connectivity index (χ1n) is 10.3. The quantitative estimate of drug-likeness (QED) is 0.540. The molecular formula is C23H32FN5O. The average molecular weight is 414 g/mol. The summed E-state index contributed by atoms with van der Waals surface area (Å²) >= 11 is 0. The maximum Gasteiger partial charge on any atom is 0.191 e. The summed E-state index contributed by atoms with van der Waals surface area (Å²) in [6.07, 6.45) is 0. The van der Waals surface area contributed by atoms with Gasteiger partial charge >= 0.3 is 0 Å². The Morgan fingerprint density at radius 3 is 2.43 bits per heavy atom. The van der Waals surface area contributed by atoms with Crippen LogP contribution in [-0.2, 0) is 24.4 Å². The normalized spacial score (nSPS) is 15.1. The molecular weight excluding hydrogens is 381 g/mol. The van der Waals surface area contributed by atoms with E-state index in [4.69, 9.17) is 4.74 Å². The smallest absolute Gasteiger partial charge is 0.191 e. The molecule has 30 heavy (non-hydrogen) atoms. The van der Waals surface area contributed by atoms with Crippen molar-refractivity contribution in [2.45, 2.75) is 19.6 Å². The van der Waals surface area contributed by atoms with E-state index in [1.807, 2.05) is 20.2 Å². The summed E-state index contributed by atoms with van der Waals surface area (Å²) < 4.78 is 19.6. The minimum atomic E-state index is -0.223. The number of aliphatic imine (C=N–C) groups is 1. The van der Waals surface area contributed by atoms with Crippen molar-refractivity contribution < 1.29 is 9.13 Å². The van der Waals surface area contributed by atoms with Gasteiger partial charge in [-0.15, -0.1) is 0 Å². The van der Waals surface area contributed by atoms with E-state index < -0.39 is 0 Å². The van der Waals surface area contributed by atoms with Gasteiger partial charge in [0.2, 0.25) is 0 Å². The number of benzene rings is 2. The van der Waals surface area contributed by atoms with Gasteiger partial charge in [0, 0.05) is 53.9 Å². The molecule has 0 radical (unpaired) electrons. The predicted octanol–water partition coefficient (Wildman–Crippen LogP) is 2.59. The van der Waals surface area contributed by atoms with Crippen LogP contribution >= 0.6 is 0 Å². The van der Waals surface area contributed by atoms with Gasteiger partial charge in [0.1, 0.15) is 5.82 Å². The van der Waals surface area contributed by atoms with Crippen molar-refractivity contribution in [1.29, 1.82) is 0 Å². The first kappa shape index (κ1) is 22.1. The van der Waals surface area contributed by atoms with Gasteiger partial charge in [0.15, 0.2) is 5.96 Å². The molecule has 2 aromatic rings. The van der Waals surface area contributed by atoms with Gasteiger partial charge in [-0.25, -0.2) is 4.39 Å². The second kappa shape index (κ2) is 10.9. The largest absolute Gasteiger partial charge is 0.379 e. The zero-order valence-electron chi connectivity index (χ0n) is 18.1. The topological polar surface area (TPSA) is 52.1 Å². The van der Waals surface area contributed by atoms with E-state index in [2.05, 4.69) is 44.8 Å². The van der Waals surface area contributed by atoms with Crippen LogP contribution in [0, 0.1) is 5.82 Å². The molecule has 0 unspecified atom stereocenters. The second-order valence-corrected chi connectivity index (χ2v) is 7.62. The molecule has 1 aliphatic heterocycles. The van der Waals surface area contributed by atoms with E-state index in [-0.39, 0.29) is 5.82 Å². The Balaban J connectivity index is 1.55. The van der Waals surface area contributed by atoms with E-state index in [0.29, 0.717) is 24.7 Å². The van der Waals surface area contributed by atoms with Gasteiger partial charge in [0.05, 0.1) is 18.9 Å². The number of hydrogen-bond donors (Lipinski definition) is 2. The number of nitrogens with zero attached hydrogens (tertiary/aromatic N) is 3. The highest BCUT2D eigenvalue weighted by Gasteiger charge is 2.13. The van der Waals surface area contributed by atoms with E-state index in [1.54, 1.807) is 24.1 Å². The van der Waals surface area contributed by atoms with Gasteiger partial charge in [-0.1, -0.05) is 30.3 Å². The third kappa shape index (κ3) is 6.18. The maximum absolute atomic E-state index is 14.2. The Labute approximate surface area is 178 Å². The van der Waals surface area contributed by atoms with Crippen LogP contribution in [0.1, 0.15) is 16.7 Å². The monoisotopic (exact) mass is 413 g/mol. The minimum Gasteiger partial charge on any atom is -0.379 e. The molecule has 162 valence electrons. The molecule has 0 bridgehead atoms. The van der Waals surface area contributed by atoms with Crippen LogP contribution in [0.15, 0.2) is 47.5 Å². The molecule has 1 heterocycles. The number of ether oxygens (including phenoxy) is 1. The fraction of sp³-hybridized carbons (Fsp3) is 0.435. The Morgan fingerprint density at radius 2 is 1.77 bits per heavy atom. The predicted molar refractivity (Wildman–Crippen MR) is 120 cm³/mol. The van der Waals surface area contributed by atoms with E-state index in [0.717, 1.165) is 38.4 Å². The molecule has 1 fully saturated rings. The highest BCUT2D eigenvalue weighted by molar-refractivity contribution is 5.79. The lowest BCUT2D eigenvalue weighted by Gasteiger charge is -2.27. The van der Waals surface area contributed by atoms with Crippen molar-refractivity contribution in [3.63, 3.8) is 0 Å². The molecule has 6 nitrogen and oxygen atoms in total. The van der Waals surface area contributed by atoms with Crippen LogP contribution in [0.4, 0.5) is 10.1 Å². The average Bonchev–Trinajstić information content (AvgIpc) is 2.75. The van der Waals surface area contributed by atoms with Gasteiger partial charge < -0.3 is 20.3 Å². The van der Waals surface area contributed by atoms with Crippen molar-refractivity contribution in [2.75, 3.05) is 52.3 Å². The fourth-order valence-corrected chi connectivity index (χ4v) is 3.49. The van der Waals surface area contributed by atoms with Crippen molar-refractivity contribution >= 4 is 11.6 Å². The fourth-order valence-electron chi connectivity index (χ4n) is 3.49. The van der Waals surface area contributed by atoms with Crippen molar-refractivity contribution in [3.8, 4) is 0 Å². The first-order chi connectivity index (χ1) is 14.6. The molecule has 1 aliphatic rings. The van der Waals surface area contributed by atoms with Crippen molar-refractivity contribution in [2.24, 2.45) is 4.99 Å². The van der Waals surface area contributed by atoms with E-state index in [1.165, 1.54) is 11.1 Å². The maximum atomic E-state index is 14.2. The minimum absolute atomic E-state index is 0.223. The number of halogens is 1. The molecule has 2 N–H and O–H groups in total. The van der Waals surface area contributed by atoms with Gasteiger partial charge in [-0.3, -0.25) is 9.89 Å². The molecule has 3 rings (SSSR count). The summed E-state index contributed by atoms with van der Waals surface area (Å²) in [6, 6.07) is 13.8. The molecule has 7 heteroatoms. The van der Waals surface area contributed by atoms with E-state index in [9.17, 15) is 4.39 Å². The summed E-state index contributed by atoms with van der Waals surface area (Å²) in [5.74, 6) is 0.465. The van der Waals surface area contributed by atoms with Crippen molar-refractivity contribution in [3.05, 3.63) is 65.0 Å². The highest BCUT2D eigenvalue weighted by atomic mass is 19.1. The molecule has 0 saturated carbocycles. The summed E-state index contributed by atoms with van der Waals surface area (Å²) in [4.78, 5) is 8.48. The number of hydrogen-bond acceptors (Lipinski definition) is 4. The number of guanidine groups is 1. The zero-order valence-corrected chi connectivity index (χ0v) is 18.1. The van der Waals surface area contributed by atoms with Crippen LogP contribution in [0.3, 0.4) is 0 Å². The van der Waals surface area contributed by atoms with E-state index >= 15 is 0 Å². The second-order valence-electron chi connectivity index (χ2n) is 7.62. The first-order valence-corrected chi connectivity index (χ1v) is 10.3. The summed E-state index contributed by atoms with van der Waals surface area (Å²) in [6.45, 7) is 5.63. The summed E-state index contributed by atoms with van der Waals surface area (Å²) in [7, 11) is 5.41. The van der Waals surface area contributed by atoms with Crippen LogP contribution in [0.2, 0.25) is 0 Å². The standard InChI is InChI=1S/C23H32FN5O/c1-25-23(26-15-18-8-9-22(28(2)3)21(24)14-18)27-16-19-6-4-5-7-20(19)17-29-10-12-30-13-11-29/h4-9,14H,10-13,15-17H2,1-3H3,(H2,25,26,27). The zero-order chi connectivity index (χ0) is 21.3. The summed E-state index contributed by atoms with van der Waals surface area (Å²) in [5.41, 5.74) is 4.00. The van der Waals surface area contributed by atoms with Crippen molar-refractivity contribution in [1.82, 2.24) is 15.5 Å². The SMILES string of the molecule is CN=C(NCc1ccc(N(C)C)c(F)c1)NCc1ccccc1CN1CCOCC1. The molecule has 0 aromatic heterocycles. The third-order valence-electron chi connectivity index (χ3n) is 5.24. The summed E-state index contributed by atoms with van der Waals surface area (Å²) in [5, 5.41) is 6.64. The van der Waals surface area contributed by atoms with Gasteiger partial charge in [0.25, 0.3) is 0 Å². The lowest BCUT2D eigenvalue weighted by molar-refractivity contribution is 0.0341. The van der Waals surface area contributed by atoms with Crippen LogP contribution in [0.25, 0.3) is 0 Å². The van der Waals surface area contributed by atoms with Gasteiger partial charge in [-0.2, -0.15) is 0 Å². The number of rotatable bonds is 7. The lowest BCUT2D eigenvalue weighted by Crippen LogP contribution is -2.37. The highest BCUT2D eigenvalue weighted by Crippen LogP contribution is 2.18. The van der Waals surface area contributed by atoms with Crippen LogP contribution in [0.5, 0.6) is 0 Å². The Kier molecular flexibility index (Phi) is 8.04.